The molecule has 202 valence electrons. The highest BCUT2D eigenvalue weighted by atomic mass is 79.9. The number of carbonyl (C=O) groups excluding carboxylic acids is 3. The monoisotopic (exact) mass is 603 g/mol. The minimum atomic E-state index is -1.15. The van der Waals surface area contributed by atoms with Crippen LogP contribution in [0.25, 0.3) is 0 Å². The second kappa shape index (κ2) is 11.0. The van der Waals surface area contributed by atoms with Crippen LogP contribution in [0.2, 0.25) is 5.02 Å². The molecular weight excluding hydrogens is 574 g/mol. The maximum Gasteiger partial charge on any atom is 0.250 e. The van der Waals surface area contributed by atoms with E-state index in [0.29, 0.717) is 36.5 Å². The van der Waals surface area contributed by atoms with Crippen LogP contribution in [0, 0.1) is 18.8 Å². The fraction of sp³-hybridized carbons (Fsp3) is 0.464. The fourth-order valence-corrected chi connectivity index (χ4v) is 7.46. The molecule has 3 heterocycles. The van der Waals surface area contributed by atoms with Gasteiger partial charge >= 0.3 is 0 Å². The Hall–Kier alpha value is -2.46. The summed E-state index contributed by atoms with van der Waals surface area (Å²) >= 11 is 10.1. The molecule has 3 N–H and O–H groups in total. The van der Waals surface area contributed by atoms with Gasteiger partial charge in [0, 0.05) is 24.5 Å². The third kappa shape index (κ3) is 4.63. The number of unbranched alkanes of at least 4 members (excludes halogenated alkanes) is 1. The second-order valence-electron chi connectivity index (χ2n) is 10.3. The van der Waals surface area contributed by atoms with Gasteiger partial charge in [-0.3, -0.25) is 14.4 Å². The molecule has 0 aromatic heterocycles. The Morgan fingerprint density at radius 1 is 1.16 bits per heavy atom. The van der Waals surface area contributed by atoms with E-state index in [9.17, 15) is 19.5 Å². The van der Waals surface area contributed by atoms with Crippen molar-refractivity contribution in [1.82, 2.24) is 10.2 Å². The number of likely N-dealkylation sites (tertiary alicyclic amines) is 1. The molecule has 0 saturated carbocycles. The molecule has 6 atom stereocenters. The first-order chi connectivity index (χ1) is 18.3. The number of hydrogen-bond acceptors (Lipinski definition) is 5. The van der Waals surface area contributed by atoms with E-state index < -0.39 is 35.5 Å². The van der Waals surface area contributed by atoms with Gasteiger partial charge in [0.2, 0.25) is 17.7 Å². The van der Waals surface area contributed by atoms with Gasteiger partial charge in [-0.2, -0.15) is 0 Å². The standard InChI is InChI=1S/C28H31BrClN3O5/c1-16-8-7-11-19(30)22(16)32-26(36)24-28-14-18(29)23(38-28)20(21(28)27(37)33(24)12-5-6-13-34)25(35)31-15-17-9-3-2-4-10-17/h2-4,7-11,18,20-21,23-24,34H,5-6,12-15H2,1H3,(H,31,35)(H,32,36)/t18?,20-,21+,23-,24?,28?/m1/s1. The van der Waals surface area contributed by atoms with E-state index in [1.54, 1.807) is 17.0 Å². The topological polar surface area (TPSA) is 108 Å². The first-order valence-electron chi connectivity index (χ1n) is 12.9. The SMILES string of the molecule is Cc1cccc(Cl)c1NC(=O)C1N(CCCCO)C(=O)[C@@H]2[C@@H](C(=O)NCc3ccccc3)[C@@H]3OC12CC3Br. The van der Waals surface area contributed by atoms with Crippen molar-refractivity contribution >= 4 is 50.9 Å². The minimum absolute atomic E-state index is 0.0150. The van der Waals surface area contributed by atoms with E-state index in [-0.39, 0.29) is 29.8 Å². The summed E-state index contributed by atoms with van der Waals surface area (Å²) in [5.74, 6) is -2.44. The lowest BCUT2D eigenvalue weighted by atomic mass is 9.70. The van der Waals surface area contributed by atoms with Gasteiger partial charge in [0.05, 0.1) is 28.6 Å². The molecule has 38 heavy (non-hydrogen) atoms. The maximum atomic E-state index is 13.9. The van der Waals surface area contributed by atoms with E-state index in [0.717, 1.165) is 11.1 Å². The lowest BCUT2D eigenvalue weighted by Crippen LogP contribution is -2.54. The molecule has 1 spiro atoms. The predicted octanol–water partition coefficient (Wildman–Crippen LogP) is 3.42. The summed E-state index contributed by atoms with van der Waals surface area (Å²) in [5.41, 5.74) is 1.08. The molecule has 0 aliphatic carbocycles. The molecule has 3 amide bonds. The summed E-state index contributed by atoms with van der Waals surface area (Å²) in [6, 6.07) is 14.0. The summed E-state index contributed by atoms with van der Waals surface area (Å²) in [4.78, 5) is 42.7. The van der Waals surface area contributed by atoms with Crippen molar-refractivity contribution in [3.05, 3.63) is 64.7 Å². The highest BCUT2D eigenvalue weighted by Gasteiger charge is 2.76. The molecule has 3 unspecified atom stereocenters. The van der Waals surface area contributed by atoms with Gasteiger partial charge < -0.3 is 25.4 Å². The lowest BCUT2D eigenvalue weighted by molar-refractivity contribution is -0.140. The summed E-state index contributed by atoms with van der Waals surface area (Å²) in [7, 11) is 0. The first kappa shape index (κ1) is 27.1. The van der Waals surface area contributed by atoms with Crippen molar-refractivity contribution in [2.45, 2.75) is 55.3 Å². The zero-order chi connectivity index (χ0) is 27.0. The molecule has 3 aliphatic heterocycles. The number of amides is 3. The van der Waals surface area contributed by atoms with Crippen molar-refractivity contribution in [2.24, 2.45) is 11.8 Å². The highest BCUT2D eigenvalue weighted by Crippen LogP contribution is 2.60. The van der Waals surface area contributed by atoms with Crippen LogP contribution in [0.3, 0.4) is 0 Å². The Morgan fingerprint density at radius 2 is 1.92 bits per heavy atom. The average molecular weight is 605 g/mol. The van der Waals surface area contributed by atoms with Crippen LogP contribution in [-0.2, 0) is 25.7 Å². The zero-order valence-corrected chi connectivity index (χ0v) is 23.4. The molecule has 8 nitrogen and oxygen atoms in total. The van der Waals surface area contributed by atoms with Crippen molar-refractivity contribution < 1.29 is 24.2 Å². The van der Waals surface area contributed by atoms with Crippen LogP contribution < -0.4 is 10.6 Å². The third-order valence-electron chi connectivity index (χ3n) is 7.93. The van der Waals surface area contributed by atoms with Crippen LogP contribution in [0.1, 0.15) is 30.4 Å². The largest absolute Gasteiger partial charge is 0.396 e. The van der Waals surface area contributed by atoms with Crippen LogP contribution in [0.15, 0.2) is 48.5 Å². The van der Waals surface area contributed by atoms with E-state index in [2.05, 4.69) is 26.6 Å². The quantitative estimate of drug-likeness (QED) is 0.300. The molecule has 10 heteroatoms. The molecule has 0 radical (unpaired) electrons. The average Bonchev–Trinajstić information content (AvgIpc) is 3.49. The number of halogens is 2. The Morgan fingerprint density at radius 3 is 2.63 bits per heavy atom. The second-order valence-corrected chi connectivity index (χ2v) is 11.8. The molecule has 3 aliphatic rings. The van der Waals surface area contributed by atoms with Gasteiger partial charge in [-0.05, 0) is 43.4 Å². The number of anilines is 1. The highest BCUT2D eigenvalue weighted by molar-refractivity contribution is 9.09. The van der Waals surface area contributed by atoms with Gasteiger partial charge in [0.15, 0.2) is 0 Å². The summed E-state index contributed by atoms with van der Waals surface area (Å²) < 4.78 is 6.51. The number of hydrogen-bond donors (Lipinski definition) is 3. The molecular formula is C28H31BrClN3O5. The van der Waals surface area contributed by atoms with Gasteiger partial charge in [-0.1, -0.05) is 70.0 Å². The van der Waals surface area contributed by atoms with Crippen LogP contribution in [0.5, 0.6) is 0 Å². The number of para-hydroxylation sites is 1. The molecule has 3 fully saturated rings. The number of nitrogens with one attached hydrogen (secondary N) is 2. The van der Waals surface area contributed by atoms with Gasteiger partial charge in [0.1, 0.15) is 11.6 Å². The number of nitrogens with zero attached hydrogens (tertiary/aromatic N) is 1. The Balaban J connectivity index is 1.46. The van der Waals surface area contributed by atoms with E-state index >= 15 is 0 Å². The van der Waals surface area contributed by atoms with Crippen LogP contribution in [-0.4, -0.2) is 63.5 Å². The molecule has 3 saturated heterocycles. The Bertz CT molecular complexity index is 1210. The predicted molar refractivity (Wildman–Crippen MR) is 147 cm³/mol. The smallest absolute Gasteiger partial charge is 0.250 e. The number of alkyl halides is 1. The number of rotatable bonds is 9. The lowest BCUT2D eigenvalue weighted by Gasteiger charge is -2.34. The number of ether oxygens (including phenoxy) is 1. The summed E-state index contributed by atoms with van der Waals surface area (Å²) in [6.07, 6.45) is 0.903. The number of fused-ring (bicyclic) bond motifs is 1. The Kier molecular flexibility index (Phi) is 7.82. The number of benzene rings is 2. The van der Waals surface area contributed by atoms with E-state index in [4.69, 9.17) is 16.3 Å². The number of carbonyl (C=O) groups is 3. The number of aliphatic hydroxyl groups is 1. The summed E-state index contributed by atoms with van der Waals surface area (Å²) in [5, 5.41) is 15.7. The van der Waals surface area contributed by atoms with Gasteiger partial charge in [0.25, 0.3) is 0 Å². The zero-order valence-electron chi connectivity index (χ0n) is 21.0. The van der Waals surface area contributed by atoms with Crippen LogP contribution >= 0.6 is 27.5 Å². The number of aliphatic hydroxyl groups excluding tert-OH is 1. The van der Waals surface area contributed by atoms with E-state index in [1.165, 1.54) is 0 Å². The van der Waals surface area contributed by atoms with Crippen molar-refractivity contribution in [1.29, 1.82) is 0 Å². The van der Waals surface area contributed by atoms with E-state index in [1.807, 2.05) is 43.3 Å². The minimum Gasteiger partial charge on any atom is -0.396 e. The first-order valence-corrected chi connectivity index (χ1v) is 14.2. The molecule has 2 aromatic rings. The molecule has 2 aromatic carbocycles. The van der Waals surface area contributed by atoms with Crippen molar-refractivity contribution in [3.8, 4) is 0 Å². The normalized spacial score (nSPS) is 29.4. The van der Waals surface area contributed by atoms with Crippen LogP contribution in [0.4, 0.5) is 5.69 Å². The third-order valence-corrected chi connectivity index (χ3v) is 9.09. The van der Waals surface area contributed by atoms with Crippen molar-refractivity contribution in [3.63, 3.8) is 0 Å². The van der Waals surface area contributed by atoms with Crippen molar-refractivity contribution in [2.75, 3.05) is 18.5 Å². The fourth-order valence-electron chi connectivity index (χ4n) is 6.25. The Labute approximate surface area is 235 Å². The molecule has 2 bridgehead atoms. The molecule has 5 rings (SSSR count). The number of aryl methyl sites for hydroxylation is 1. The van der Waals surface area contributed by atoms with Gasteiger partial charge in [-0.15, -0.1) is 0 Å². The summed E-state index contributed by atoms with van der Waals surface area (Å²) in [6.45, 7) is 2.44. The van der Waals surface area contributed by atoms with Gasteiger partial charge in [-0.25, -0.2) is 0 Å². The maximum absolute atomic E-state index is 13.9.